The van der Waals surface area contributed by atoms with Crippen LogP contribution in [0.2, 0.25) is 0 Å². The van der Waals surface area contributed by atoms with Gasteiger partial charge in [0, 0.05) is 13.2 Å². The summed E-state index contributed by atoms with van der Waals surface area (Å²) in [5.41, 5.74) is 0.646. The van der Waals surface area contributed by atoms with Crippen molar-refractivity contribution in [2.24, 2.45) is 0 Å². The topological polar surface area (TPSA) is 70.6 Å². The quantitative estimate of drug-likeness (QED) is 0.650. The lowest BCUT2D eigenvalue weighted by atomic mass is 10.2. The number of hydrogen-bond acceptors (Lipinski definition) is 3. The van der Waals surface area contributed by atoms with Gasteiger partial charge in [-0.2, -0.15) is 0 Å². The van der Waals surface area contributed by atoms with Crippen LogP contribution in [0.25, 0.3) is 0 Å². The molecule has 0 atom stereocenters. The zero-order chi connectivity index (χ0) is 13.2. The van der Waals surface area contributed by atoms with Gasteiger partial charge in [0.15, 0.2) is 0 Å². The summed E-state index contributed by atoms with van der Waals surface area (Å²) in [5.74, 6) is 0.632. The first-order chi connectivity index (χ1) is 8.77. The fraction of sp³-hybridized carbons (Fsp3) is 0.462. The van der Waals surface area contributed by atoms with Crippen molar-refractivity contribution in [3.8, 4) is 5.75 Å². The van der Waals surface area contributed by atoms with E-state index in [1.165, 1.54) is 0 Å². The summed E-state index contributed by atoms with van der Waals surface area (Å²) in [5, 5.41) is 14.1. The SMILES string of the molecule is COc1ccccc1NC(=O)NCCCCCO. The Kier molecular flexibility index (Phi) is 6.64. The second kappa shape index (κ2) is 8.36. The van der Waals surface area contributed by atoms with Gasteiger partial charge in [0.2, 0.25) is 0 Å². The van der Waals surface area contributed by atoms with E-state index in [1.807, 2.05) is 12.1 Å². The molecule has 1 aromatic rings. The summed E-state index contributed by atoms with van der Waals surface area (Å²) in [6.07, 6.45) is 2.54. The number of aliphatic hydroxyl groups excluding tert-OH is 1. The van der Waals surface area contributed by atoms with Crippen LogP contribution in [0.4, 0.5) is 10.5 Å². The van der Waals surface area contributed by atoms with Gasteiger partial charge in [0.25, 0.3) is 0 Å². The first-order valence-electron chi connectivity index (χ1n) is 6.06. The van der Waals surface area contributed by atoms with Gasteiger partial charge in [-0.1, -0.05) is 12.1 Å². The van der Waals surface area contributed by atoms with Crippen molar-refractivity contribution < 1.29 is 14.6 Å². The largest absolute Gasteiger partial charge is 0.495 e. The standard InChI is InChI=1S/C13H20N2O3/c1-18-12-8-4-3-7-11(12)15-13(17)14-9-5-2-6-10-16/h3-4,7-8,16H,2,5-6,9-10H2,1H3,(H2,14,15,17). The van der Waals surface area contributed by atoms with Crippen LogP contribution in [0.3, 0.4) is 0 Å². The monoisotopic (exact) mass is 252 g/mol. The molecule has 0 aliphatic rings. The molecule has 0 aliphatic carbocycles. The van der Waals surface area contributed by atoms with Crippen LogP contribution in [0.5, 0.6) is 5.75 Å². The molecule has 0 aromatic heterocycles. The van der Waals surface area contributed by atoms with E-state index >= 15 is 0 Å². The molecule has 0 saturated carbocycles. The molecule has 0 fully saturated rings. The average molecular weight is 252 g/mol. The lowest BCUT2D eigenvalue weighted by molar-refractivity contribution is 0.251. The number of hydrogen-bond donors (Lipinski definition) is 3. The smallest absolute Gasteiger partial charge is 0.319 e. The molecule has 0 radical (unpaired) electrons. The minimum Gasteiger partial charge on any atom is -0.495 e. The van der Waals surface area contributed by atoms with Gasteiger partial charge in [0.1, 0.15) is 5.75 Å². The number of urea groups is 1. The summed E-state index contributed by atoms with van der Waals surface area (Å²) in [6.45, 7) is 0.800. The number of carbonyl (C=O) groups is 1. The van der Waals surface area contributed by atoms with Crippen molar-refractivity contribution in [3.05, 3.63) is 24.3 Å². The third-order valence-corrected chi connectivity index (χ3v) is 2.48. The molecule has 5 heteroatoms. The number of aliphatic hydroxyl groups is 1. The van der Waals surface area contributed by atoms with Crippen LogP contribution in [0.1, 0.15) is 19.3 Å². The van der Waals surface area contributed by atoms with Gasteiger partial charge in [0.05, 0.1) is 12.8 Å². The second-order valence-electron chi connectivity index (χ2n) is 3.87. The highest BCUT2D eigenvalue weighted by atomic mass is 16.5. The Morgan fingerprint density at radius 1 is 1.28 bits per heavy atom. The predicted molar refractivity (Wildman–Crippen MR) is 71.0 cm³/mol. The van der Waals surface area contributed by atoms with Crippen LogP contribution < -0.4 is 15.4 Å². The maximum Gasteiger partial charge on any atom is 0.319 e. The number of methoxy groups -OCH3 is 1. The highest BCUT2D eigenvalue weighted by molar-refractivity contribution is 5.90. The lowest BCUT2D eigenvalue weighted by Gasteiger charge is -2.10. The number of rotatable bonds is 7. The van der Waals surface area contributed by atoms with Crippen LogP contribution in [0.15, 0.2) is 24.3 Å². The van der Waals surface area contributed by atoms with Crippen LogP contribution in [-0.4, -0.2) is 31.4 Å². The first kappa shape index (κ1) is 14.3. The van der Waals surface area contributed by atoms with Crippen molar-refractivity contribution in [2.45, 2.75) is 19.3 Å². The summed E-state index contributed by atoms with van der Waals surface area (Å²) >= 11 is 0. The number of ether oxygens (including phenoxy) is 1. The lowest BCUT2D eigenvalue weighted by Crippen LogP contribution is -2.29. The third kappa shape index (κ3) is 5.05. The Balaban J connectivity index is 2.31. The molecule has 0 saturated heterocycles. The van der Waals surface area contributed by atoms with E-state index in [9.17, 15) is 4.79 Å². The van der Waals surface area contributed by atoms with Gasteiger partial charge in [-0.15, -0.1) is 0 Å². The van der Waals surface area contributed by atoms with E-state index in [0.717, 1.165) is 19.3 Å². The van der Waals surface area contributed by atoms with Crippen molar-refractivity contribution in [3.63, 3.8) is 0 Å². The normalized spacial score (nSPS) is 9.89. The van der Waals surface area contributed by atoms with Crippen molar-refractivity contribution in [2.75, 3.05) is 25.6 Å². The Labute approximate surface area is 107 Å². The molecule has 18 heavy (non-hydrogen) atoms. The van der Waals surface area contributed by atoms with E-state index < -0.39 is 0 Å². The Bertz CT molecular complexity index is 369. The zero-order valence-corrected chi connectivity index (χ0v) is 10.6. The highest BCUT2D eigenvalue weighted by Gasteiger charge is 2.05. The Hall–Kier alpha value is -1.75. The molecular formula is C13H20N2O3. The molecule has 0 heterocycles. The molecule has 3 N–H and O–H groups in total. The third-order valence-electron chi connectivity index (χ3n) is 2.48. The van der Waals surface area contributed by atoms with E-state index in [1.54, 1.807) is 19.2 Å². The van der Waals surface area contributed by atoms with Gasteiger partial charge in [-0.05, 0) is 31.4 Å². The number of anilines is 1. The number of carbonyl (C=O) groups excluding carboxylic acids is 1. The van der Waals surface area contributed by atoms with Gasteiger partial charge >= 0.3 is 6.03 Å². The highest BCUT2D eigenvalue weighted by Crippen LogP contribution is 2.22. The molecule has 1 rings (SSSR count). The molecule has 0 unspecified atom stereocenters. The van der Waals surface area contributed by atoms with E-state index in [-0.39, 0.29) is 12.6 Å². The molecule has 1 aromatic carbocycles. The summed E-state index contributed by atoms with van der Waals surface area (Å²) in [4.78, 5) is 11.6. The van der Waals surface area contributed by atoms with Crippen LogP contribution in [-0.2, 0) is 0 Å². The van der Waals surface area contributed by atoms with Crippen molar-refractivity contribution in [1.82, 2.24) is 5.32 Å². The summed E-state index contributed by atoms with van der Waals surface area (Å²) in [6, 6.07) is 7.00. The van der Waals surface area contributed by atoms with E-state index in [4.69, 9.17) is 9.84 Å². The molecule has 0 aliphatic heterocycles. The van der Waals surface area contributed by atoms with E-state index in [0.29, 0.717) is 18.0 Å². The number of benzene rings is 1. The van der Waals surface area contributed by atoms with Gasteiger partial charge in [-0.3, -0.25) is 0 Å². The summed E-state index contributed by atoms with van der Waals surface area (Å²) in [7, 11) is 1.56. The average Bonchev–Trinajstić information content (AvgIpc) is 2.39. The van der Waals surface area contributed by atoms with Crippen molar-refractivity contribution in [1.29, 1.82) is 0 Å². The number of nitrogens with one attached hydrogen (secondary N) is 2. The molecule has 2 amide bonds. The fourth-order valence-electron chi connectivity index (χ4n) is 1.53. The van der Waals surface area contributed by atoms with Gasteiger partial charge < -0.3 is 20.5 Å². The number of para-hydroxylation sites is 2. The molecule has 0 bridgehead atoms. The van der Waals surface area contributed by atoms with E-state index in [2.05, 4.69) is 10.6 Å². The minimum absolute atomic E-state index is 0.202. The maximum atomic E-state index is 11.6. The molecular weight excluding hydrogens is 232 g/mol. The number of unbranched alkanes of at least 4 members (excludes halogenated alkanes) is 2. The minimum atomic E-state index is -0.247. The van der Waals surface area contributed by atoms with Crippen LogP contribution >= 0.6 is 0 Å². The predicted octanol–water partition coefficient (Wildman–Crippen LogP) is 1.98. The maximum absolute atomic E-state index is 11.6. The fourth-order valence-corrected chi connectivity index (χ4v) is 1.53. The molecule has 0 spiro atoms. The van der Waals surface area contributed by atoms with Crippen LogP contribution in [0, 0.1) is 0 Å². The number of amides is 2. The molecule has 5 nitrogen and oxygen atoms in total. The molecule has 100 valence electrons. The summed E-state index contributed by atoms with van der Waals surface area (Å²) < 4.78 is 5.13. The van der Waals surface area contributed by atoms with Gasteiger partial charge in [-0.25, -0.2) is 4.79 Å². The Morgan fingerprint density at radius 3 is 2.78 bits per heavy atom. The second-order valence-corrected chi connectivity index (χ2v) is 3.87. The first-order valence-corrected chi connectivity index (χ1v) is 6.06. The van der Waals surface area contributed by atoms with Crippen molar-refractivity contribution >= 4 is 11.7 Å². The zero-order valence-electron chi connectivity index (χ0n) is 10.6. The Morgan fingerprint density at radius 2 is 2.06 bits per heavy atom.